The Morgan fingerprint density at radius 1 is 1.65 bits per heavy atom. The van der Waals surface area contributed by atoms with Gasteiger partial charge >= 0.3 is 0 Å². The van der Waals surface area contributed by atoms with Crippen LogP contribution < -0.4 is 10.5 Å². The molecule has 1 aliphatic rings. The predicted octanol–water partition coefficient (Wildman–Crippen LogP) is 1.68. The molecule has 1 unspecified atom stereocenters. The highest BCUT2D eigenvalue weighted by Crippen LogP contribution is 2.23. The Hall–Kier alpha value is -0.880. The molecule has 1 fully saturated rings. The third-order valence-electron chi connectivity index (χ3n) is 3.09. The lowest BCUT2D eigenvalue weighted by Gasteiger charge is -2.19. The quantitative estimate of drug-likeness (QED) is 0.916. The van der Waals surface area contributed by atoms with Gasteiger partial charge in [0.15, 0.2) is 0 Å². The molecule has 2 N–H and O–H groups in total. The number of halogens is 1. The van der Waals surface area contributed by atoms with Crippen LogP contribution in [0.2, 0.25) is 0 Å². The third kappa shape index (κ3) is 3.29. The van der Waals surface area contributed by atoms with Crippen LogP contribution >= 0.6 is 15.9 Å². The first-order valence-electron chi connectivity index (χ1n) is 5.78. The van der Waals surface area contributed by atoms with E-state index < -0.39 is 0 Å². The lowest BCUT2D eigenvalue weighted by atomic mass is 10.1. The zero-order chi connectivity index (χ0) is 12.3. The van der Waals surface area contributed by atoms with Gasteiger partial charge < -0.3 is 15.4 Å². The van der Waals surface area contributed by atoms with Gasteiger partial charge in [0.2, 0.25) is 11.8 Å². The van der Waals surface area contributed by atoms with Gasteiger partial charge in [-0.15, -0.1) is 0 Å². The second kappa shape index (κ2) is 5.64. The number of ether oxygens (including phenoxy) is 1. The van der Waals surface area contributed by atoms with Gasteiger partial charge in [-0.1, -0.05) is 0 Å². The van der Waals surface area contributed by atoms with Crippen molar-refractivity contribution >= 4 is 21.9 Å². The van der Waals surface area contributed by atoms with Crippen molar-refractivity contribution in [1.29, 1.82) is 0 Å². The molecule has 0 spiro atoms. The molecule has 1 saturated heterocycles. The van der Waals surface area contributed by atoms with Gasteiger partial charge in [-0.3, -0.25) is 0 Å². The first-order chi connectivity index (χ1) is 8.16. The minimum atomic E-state index is 0.237. The molecule has 1 aromatic rings. The van der Waals surface area contributed by atoms with E-state index in [9.17, 15) is 0 Å². The molecular formula is C11H17BrN4O. The van der Waals surface area contributed by atoms with Gasteiger partial charge in [0.1, 0.15) is 0 Å². The monoisotopic (exact) mass is 300 g/mol. The van der Waals surface area contributed by atoms with Crippen LogP contribution in [0, 0.1) is 0 Å². The van der Waals surface area contributed by atoms with Crippen LogP contribution in [0.15, 0.2) is 10.7 Å². The number of nitrogens with zero attached hydrogens (tertiary/aromatic N) is 3. The van der Waals surface area contributed by atoms with E-state index in [0.29, 0.717) is 18.5 Å². The Balaban J connectivity index is 1.83. The summed E-state index contributed by atoms with van der Waals surface area (Å²) in [6, 6.07) is 0.632. The van der Waals surface area contributed by atoms with Crippen LogP contribution in [0.3, 0.4) is 0 Å². The second-order valence-corrected chi connectivity index (χ2v) is 5.15. The van der Waals surface area contributed by atoms with Crippen LogP contribution in [0.4, 0.5) is 5.95 Å². The van der Waals surface area contributed by atoms with E-state index in [-0.39, 0.29) is 5.95 Å². The minimum Gasteiger partial charge on any atom is -0.477 e. The average Bonchev–Trinajstić information content (AvgIpc) is 2.70. The maximum Gasteiger partial charge on any atom is 0.232 e. The lowest BCUT2D eigenvalue weighted by molar-refractivity contribution is 0.228. The number of nitrogen functional groups attached to an aromatic ring is 1. The molecule has 0 aromatic carbocycles. The number of rotatable bonds is 4. The van der Waals surface area contributed by atoms with Crippen molar-refractivity contribution in [1.82, 2.24) is 14.9 Å². The summed E-state index contributed by atoms with van der Waals surface area (Å²) < 4.78 is 6.37. The van der Waals surface area contributed by atoms with Crippen molar-refractivity contribution in [3.8, 4) is 5.88 Å². The fourth-order valence-electron chi connectivity index (χ4n) is 2.10. The van der Waals surface area contributed by atoms with Crippen molar-refractivity contribution in [2.45, 2.75) is 25.3 Å². The summed E-state index contributed by atoms with van der Waals surface area (Å²) in [4.78, 5) is 10.3. The maximum atomic E-state index is 5.62. The van der Waals surface area contributed by atoms with Gasteiger partial charge in [0, 0.05) is 6.04 Å². The topological polar surface area (TPSA) is 64.3 Å². The van der Waals surface area contributed by atoms with E-state index in [1.165, 1.54) is 19.4 Å². The summed E-state index contributed by atoms with van der Waals surface area (Å²) in [6.45, 7) is 1.85. The molecule has 2 heterocycles. The molecular weight excluding hydrogens is 284 g/mol. The van der Waals surface area contributed by atoms with E-state index in [1.54, 1.807) is 6.20 Å². The summed E-state index contributed by atoms with van der Waals surface area (Å²) in [6.07, 6.45) is 5.17. The third-order valence-corrected chi connectivity index (χ3v) is 3.64. The number of anilines is 1. The highest BCUT2D eigenvalue weighted by atomic mass is 79.9. The molecule has 0 aliphatic carbocycles. The Morgan fingerprint density at radius 2 is 2.47 bits per heavy atom. The van der Waals surface area contributed by atoms with Crippen molar-refractivity contribution in [3.05, 3.63) is 10.7 Å². The van der Waals surface area contributed by atoms with Crippen molar-refractivity contribution in [2.24, 2.45) is 0 Å². The Kier molecular flexibility index (Phi) is 4.17. The summed E-state index contributed by atoms with van der Waals surface area (Å²) in [5, 5.41) is 0. The summed E-state index contributed by atoms with van der Waals surface area (Å²) >= 11 is 3.34. The summed E-state index contributed by atoms with van der Waals surface area (Å²) in [5.74, 6) is 0.763. The molecule has 0 amide bonds. The van der Waals surface area contributed by atoms with Gasteiger partial charge in [-0.25, -0.2) is 4.98 Å². The van der Waals surface area contributed by atoms with Crippen LogP contribution in [0.25, 0.3) is 0 Å². The fraction of sp³-hybridized carbons (Fsp3) is 0.636. The smallest absolute Gasteiger partial charge is 0.232 e. The maximum absolute atomic E-state index is 5.62. The van der Waals surface area contributed by atoms with Gasteiger partial charge in [0.05, 0.1) is 17.3 Å². The van der Waals surface area contributed by atoms with Crippen molar-refractivity contribution in [2.75, 3.05) is 25.9 Å². The minimum absolute atomic E-state index is 0.237. The molecule has 1 atom stereocenters. The molecule has 2 rings (SSSR count). The molecule has 0 saturated carbocycles. The first-order valence-corrected chi connectivity index (χ1v) is 6.57. The molecule has 5 nitrogen and oxygen atoms in total. The number of hydrogen-bond acceptors (Lipinski definition) is 5. The SMILES string of the molecule is CN1CCCC1CCOc1nc(N)ncc1Br. The standard InChI is InChI=1S/C11H17BrN4O/c1-16-5-2-3-8(16)4-6-17-10-9(12)7-14-11(13)15-10/h7-8H,2-6H2,1H3,(H2,13,14,15). The number of nitrogens with two attached hydrogens (primary N) is 1. The molecule has 0 bridgehead atoms. The molecule has 0 radical (unpaired) electrons. The van der Waals surface area contributed by atoms with E-state index >= 15 is 0 Å². The predicted molar refractivity (Wildman–Crippen MR) is 69.9 cm³/mol. The lowest BCUT2D eigenvalue weighted by Crippen LogP contribution is -2.26. The first kappa shape index (κ1) is 12.6. The van der Waals surface area contributed by atoms with Crippen LogP contribution in [0.5, 0.6) is 5.88 Å². The summed E-state index contributed by atoms with van der Waals surface area (Å²) in [7, 11) is 2.16. The van der Waals surface area contributed by atoms with Crippen LogP contribution in [0.1, 0.15) is 19.3 Å². The zero-order valence-electron chi connectivity index (χ0n) is 9.90. The largest absolute Gasteiger partial charge is 0.477 e. The Labute approximate surface area is 110 Å². The molecule has 94 valence electrons. The fourth-order valence-corrected chi connectivity index (χ4v) is 2.41. The Bertz CT molecular complexity index is 388. The second-order valence-electron chi connectivity index (χ2n) is 4.30. The van der Waals surface area contributed by atoms with Crippen LogP contribution in [-0.4, -0.2) is 41.1 Å². The van der Waals surface area contributed by atoms with Gasteiger partial charge in [-0.05, 0) is 48.8 Å². The van der Waals surface area contributed by atoms with E-state index in [0.717, 1.165) is 10.9 Å². The summed E-state index contributed by atoms with van der Waals surface area (Å²) in [5.41, 5.74) is 5.51. The van der Waals surface area contributed by atoms with Crippen LogP contribution in [-0.2, 0) is 0 Å². The van der Waals surface area contributed by atoms with Crippen molar-refractivity contribution in [3.63, 3.8) is 0 Å². The Morgan fingerprint density at radius 3 is 3.18 bits per heavy atom. The number of aromatic nitrogens is 2. The zero-order valence-corrected chi connectivity index (χ0v) is 11.5. The van der Waals surface area contributed by atoms with Gasteiger partial charge in [-0.2, -0.15) is 4.98 Å². The average molecular weight is 301 g/mol. The molecule has 1 aromatic heterocycles. The highest BCUT2D eigenvalue weighted by molar-refractivity contribution is 9.10. The van der Waals surface area contributed by atoms with E-state index in [1.807, 2.05) is 0 Å². The highest BCUT2D eigenvalue weighted by Gasteiger charge is 2.20. The number of hydrogen-bond donors (Lipinski definition) is 1. The number of likely N-dealkylation sites (tertiary alicyclic amines) is 1. The normalized spacial score (nSPS) is 20.7. The molecule has 6 heteroatoms. The van der Waals surface area contributed by atoms with E-state index in [2.05, 4.69) is 37.8 Å². The molecule has 17 heavy (non-hydrogen) atoms. The molecule has 1 aliphatic heterocycles. The van der Waals surface area contributed by atoms with E-state index in [4.69, 9.17) is 10.5 Å². The van der Waals surface area contributed by atoms with Crippen molar-refractivity contribution < 1.29 is 4.74 Å². The van der Waals surface area contributed by atoms with Gasteiger partial charge in [0.25, 0.3) is 0 Å².